The van der Waals surface area contributed by atoms with Crippen molar-refractivity contribution in [2.24, 2.45) is 7.05 Å². The third-order valence-corrected chi connectivity index (χ3v) is 3.99. The van der Waals surface area contributed by atoms with Gasteiger partial charge in [0.05, 0.1) is 15.9 Å². The Kier molecular flexibility index (Phi) is 5.79. The lowest BCUT2D eigenvalue weighted by atomic mass is 10.3. The Morgan fingerprint density at radius 2 is 2.19 bits per heavy atom. The maximum atomic E-state index is 5.72. The van der Waals surface area contributed by atoms with Crippen LogP contribution in [0.3, 0.4) is 0 Å². The molecule has 0 aliphatic rings. The van der Waals surface area contributed by atoms with Gasteiger partial charge in [-0.2, -0.15) is 5.10 Å². The second kappa shape index (κ2) is 6.62. The second-order valence-corrected chi connectivity index (χ2v) is 5.05. The predicted octanol–water partition coefficient (Wildman–Crippen LogP) is 2.94. The van der Waals surface area contributed by atoms with Crippen LogP contribution in [0.15, 0.2) is 4.47 Å². The van der Waals surface area contributed by atoms with Crippen molar-refractivity contribution in [1.29, 1.82) is 0 Å². The lowest BCUT2D eigenvalue weighted by molar-refractivity contribution is 0.273. The van der Waals surface area contributed by atoms with E-state index in [-0.39, 0.29) is 0 Å². The van der Waals surface area contributed by atoms with Gasteiger partial charge in [0, 0.05) is 19.5 Å². The molecule has 1 rings (SSSR count). The molecule has 1 aromatic rings. The van der Waals surface area contributed by atoms with Crippen molar-refractivity contribution in [2.75, 3.05) is 19.0 Å². The Morgan fingerprint density at radius 1 is 1.50 bits per heavy atom. The van der Waals surface area contributed by atoms with E-state index in [4.69, 9.17) is 11.6 Å². The van der Waals surface area contributed by atoms with E-state index in [9.17, 15) is 0 Å². The van der Waals surface area contributed by atoms with Crippen LogP contribution in [0.25, 0.3) is 0 Å². The van der Waals surface area contributed by atoms with Crippen molar-refractivity contribution in [3.8, 4) is 0 Å². The number of aromatic nitrogens is 2. The minimum absolute atomic E-state index is 0.724. The maximum Gasteiger partial charge on any atom is 0.0739 e. The molecule has 0 spiro atoms. The number of rotatable bonds is 6. The average Bonchev–Trinajstić information content (AvgIpc) is 2.50. The molecule has 0 saturated carbocycles. The summed E-state index contributed by atoms with van der Waals surface area (Å²) in [6, 6.07) is 0. The van der Waals surface area contributed by atoms with Gasteiger partial charge < -0.3 is 0 Å². The molecule has 0 aliphatic heterocycles. The van der Waals surface area contributed by atoms with Crippen molar-refractivity contribution in [1.82, 2.24) is 14.7 Å². The fraction of sp³-hybridized carbons (Fsp3) is 0.727. The van der Waals surface area contributed by atoms with Crippen LogP contribution < -0.4 is 0 Å². The molecule has 0 saturated heterocycles. The number of alkyl halides is 1. The number of hydrogen-bond donors (Lipinski definition) is 0. The monoisotopic (exact) mass is 307 g/mol. The van der Waals surface area contributed by atoms with Gasteiger partial charge in [0.15, 0.2) is 0 Å². The molecule has 0 unspecified atom stereocenters. The topological polar surface area (TPSA) is 21.1 Å². The van der Waals surface area contributed by atoms with E-state index >= 15 is 0 Å². The first-order valence-corrected chi connectivity index (χ1v) is 6.89. The molecule has 0 amide bonds. The quantitative estimate of drug-likeness (QED) is 0.753. The molecule has 0 atom stereocenters. The lowest BCUT2D eigenvalue weighted by Crippen LogP contribution is -2.25. The van der Waals surface area contributed by atoms with Crippen molar-refractivity contribution < 1.29 is 0 Å². The normalized spacial score (nSPS) is 11.4. The summed E-state index contributed by atoms with van der Waals surface area (Å²) in [6.07, 6.45) is 1.03. The predicted molar refractivity (Wildman–Crippen MR) is 71.9 cm³/mol. The first-order chi connectivity index (χ1) is 7.60. The molecule has 0 radical (unpaired) electrons. The third-order valence-electron chi connectivity index (χ3n) is 2.69. The van der Waals surface area contributed by atoms with E-state index in [1.54, 1.807) is 0 Å². The van der Waals surface area contributed by atoms with Gasteiger partial charge in [0.2, 0.25) is 0 Å². The van der Waals surface area contributed by atoms with Crippen LogP contribution in [-0.4, -0.2) is 33.6 Å². The molecule has 0 aliphatic carbocycles. The van der Waals surface area contributed by atoms with E-state index in [0.29, 0.717) is 0 Å². The maximum absolute atomic E-state index is 5.72. The summed E-state index contributed by atoms with van der Waals surface area (Å²) in [5, 5.41) is 4.40. The Bertz CT molecular complexity index is 338. The van der Waals surface area contributed by atoms with Gasteiger partial charge in [-0.05, 0) is 42.4 Å². The minimum atomic E-state index is 0.724. The van der Waals surface area contributed by atoms with Crippen LogP contribution >= 0.6 is 27.5 Å². The Labute approximate surface area is 111 Å². The SMILES string of the molecule is CCN(CCCCl)Cc1c(Br)c(C)nn1C. The van der Waals surface area contributed by atoms with Gasteiger partial charge in [-0.3, -0.25) is 9.58 Å². The van der Waals surface area contributed by atoms with Crippen molar-refractivity contribution in [2.45, 2.75) is 26.8 Å². The molecule has 16 heavy (non-hydrogen) atoms. The second-order valence-electron chi connectivity index (χ2n) is 3.88. The molecule has 5 heteroatoms. The molecule has 0 aromatic carbocycles. The summed E-state index contributed by atoms with van der Waals surface area (Å²) < 4.78 is 3.07. The van der Waals surface area contributed by atoms with Crippen LogP contribution in [-0.2, 0) is 13.6 Å². The zero-order valence-corrected chi connectivity index (χ0v) is 12.5. The molecular weight excluding hydrogens is 289 g/mol. The molecule has 3 nitrogen and oxygen atoms in total. The fourth-order valence-corrected chi connectivity index (χ4v) is 2.28. The fourth-order valence-electron chi connectivity index (χ4n) is 1.70. The highest BCUT2D eigenvalue weighted by Gasteiger charge is 2.13. The number of aryl methyl sites for hydroxylation is 2. The molecule has 0 N–H and O–H groups in total. The number of halogens is 2. The van der Waals surface area contributed by atoms with Gasteiger partial charge in [-0.25, -0.2) is 0 Å². The van der Waals surface area contributed by atoms with E-state index in [0.717, 1.165) is 42.1 Å². The van der Waals surface area contributed by atoms with Gasteiger partial charge in [-0.15, -0.1) is 11.6 Å². The lowest BCUT2D eigenvalue weighted by Gasteiger charge is -2.20. The van der Waals surface area contributed by atoms with E-state index in [1.165, 1.54) is 5.69 Å². The first kappa shape index (κ1) is 14.0. The van der Waals surface area contributed by atoms with E-state index in [2.05, 4.69) is 32.9 Å². The van der Waals surface area contributed by atoms with Gasteiger partial charge in [-0.1, -0.05) is 6.92 Å². The summed E-state index contributed by atoms with van der Waals surface area (Å²) in [4.78, 5) is 2.38. The standard InChI is InChI=1S/C11H19BrClN3/c1-4-16(7-5-6-13)8-10-11(12)9(2)14-15(10)3/h4-8H2,1-3H3. The molecule has 0 fully saturated rings. The van der Waals surface area contributed by atoms with Crippen molar-refractivity contribution >= 4 is 27.5 Å². The summed E-state index contributed by atoms with van der Waals surface area (Å²) in [5.74, 6) is 0.724. The zero-order valence-electron chi connectivity index (χ0n) is 10.1. The zero-order chi connectivity index (χ0) is 12.1. The smallest absolute Gasteiger partial charge is 0.0739 e. The molecule has 1 heterocycles. The molecule has 1 aromatic heterocycles. The highest BCUT2D eigenvalue weighted by molar-refractivity contribution is 9.10. The number of hydrogen-bond acceptors (Lipinski definition) is 2. The first-order valence-electron chi connectivity index (χ1n) is 5.56. The highest BCUT2D eigenvalue weighted by atomic mass is 79.9. The van der Waals surface area contributed by atoms with Crippen molar-refractivity contribution in [3.63, 3.8) is 0 Å². The third kappa shape index (κ3) is 3.47. The highest BCUT2D eigenvalue weighted by Crippen LogP contribution is 2.21. The largest absolute Gasteiger partial charge is 0.298 e. The van der Waals surface area contributed by atoms with E-state index in [1.807, 2.05) is 18.7 Å². The van der Waals surface area contributed by atoms with Crippen molar-refractivity contribution in [3.05, 3.63) is 15.9 Å². The van der Waals surface area contributed by atoms with Crippen LogP contribution in [0, 0.1) is 6.92 Å². The summed E-state index contributed by atoms with van der Waals surface area (Å²) in [6.45, 7) is 7.18. The van der Waals surface area contributed by atoms with Gasteiger partial charge >= 0.3 is 0 Å². The molecule has 0 bridgehead atoms. The Morgan fingerprint density at radius 3 is 2.62 bits per heavy atom. The summed E-state index contributed by atoms with van der Waals surface area (Å²) >= 11 is 9.31. The Balaban J connectivity index is 2.69. The molecule has 92 valence electrons. The molecular formula is C11H19BrClN3. The summed E-state index contributed by atoms with van der Waals surface area (Å²) in [7, 11) is 1.99. The van der Waals surface area contributed by atoms with Crippen LogP contribution in [0.5, 0.6) is 0 Å². The van der Waals surface area contributed by atoms with Crippen LogP contribution in [0.1, 0.15) is 24.7 Å². The van der Waals surface area contributed by atoms with E-state index < -0.39 is 0 Å². The minimum Gasteiger partial charge on any atom is -0.298 e. The number of nitrogens with zero attached hydrogens (tertiary/aromatic N) is 3. The summed E-state index contributed by atoms with van der Waals surface area (Å²) in [5.41, 5.74) is 2.28. The van der Waals surface area contributed by atoms with Crippen LogP contribution in [0.2, 0.25) is 0 Å². The Hall–Kier alpha value is -0.0600. The average molecular weight is 309 g/mol. The van der Waals surface area contributed by atoms with Crippen LogP contribution in [0.4, 0.5) is 0 Å². The van der Waals surface area contributed by atoms with Gasteiger partial charge in [0.25, 0.3) is 0 Å². The van der Waals surface area contributed by atoms with Gasteiger partial charge in [0.1, 0.15) is 0 Å².